The van der Waals surface area contributed by atoms with Crippen molar-refractivity contribution in [2.45, 2.75) is 46.0 Å². The zero-order chi connectivity index (χ0) is 18.2. The van der Waals surface area contributed by atoms with Crippen molar-refractivity contribution in [3.8, 4) is 0 Å². The summed E-state index contributed by atoms with van der Waals surface area (Å²) in [4.78, 5) is 32.9. The van der Waals surface area contributed by atoms with Gasteiger partial charge in [0.2, 0.25) is 11.8 Å². The minimum Gasteiger partial charge on any atom is -0.345 e. The van der Waals surface area contributed by atoms with E-state index in [2.05, 4.69) is 18.8 Å². The number of carbonyl (C=O) groups excluding carboxylic acids is 2. The van der Waals surface area contributed by atoms with Gasteiger partial charge in [-0.1, -0.05) is 13.8 Å². The third kappa shape index (κ3) is 5.28. The van der Waals surface area contributed by atoms with Crippen LogP contribution in [0.2, 0.25) is 0 Å². The van der Waals surface area contributed by atoms with E-state index < -0.39 is 0 Å². The average molecular weight is 345 g/mol. The van der Waals surface area contributed by atoms with E-state index in [1.165, 1.54) is 5.56 Å². The van der Waals surface area contributed by atoms with Gasteiger partial charge in [0.15, 0.2) is 0 Å². The number of aromatic nitrogens is 1. The van der Waals surface area contributed by atoms with Gasteiger partial charge in [0.05, 0.1) is 0 Å². The molecule has 0 unspecified atom stereocenters. The minimum absolute atomic E-state index is 0.0493. The van der Waals surface area contributed by atoms with E-state index in [0.717, 1.165) is 38.6 Å². The number of hydrogen-bond acceptors (Lipinski definition) is 3. The van der Waals surface area contributed by atoms with Gasteiger partial charge in [-0.2, -0.15) is 0 Å². The molecule has 0 spiro atoms. The monoisotopic (exact) mass is 345 g/mol. The van der Waals surface area contributed by atoms with Crippen LogP contribution in [0, 0.1) is 11.8 Å². The summed E-state index contributed by atoms with van der Waals surface area (Å²) in [7, 11) is 1.88. The third-order valence-electron chi connectivity index (χ3n) is 5.35. The van der Waals surface area contributed by atoms with Crippen LogP contribution in [0.25, 0.3) is 0 Å². The molecular formula is C20H31N3O2. The lowest BCUT2D eigenvalue weighted by atomic mass is 9.93. The summed E-state index contributed by atoms with van der Waals surface area (Å²) in [6.07, 6.45) is 7.76. The topological polar surface area (TPSA) is 53.5 Å². The lowest BCUT2D eigenvalue weighted by molar-refractivity contribution is -0.142. The molecule has 1 aromatic heterocycles. The average Bonchev–Trinajstić information content (AvgIpc) is 2.67. The quantitative estimate of drug-likeness (QED) is 0.763. The molecule has 0 aliphatic carbocycles. The number of carbonyl (C=O) groups is 2. The first kappa shape index (κ1) is 19.4. The largest absolute Gasteiger partial charge is 0.345 e. The highest BCUT2D eigenvalue weighted by molar-refractivity contribution is 5.81. The Bertz CT molecular complexity index is 549. The maximum absolute atomic E-state index is 12.7. The summed E-state index contributed by atoms with van der Waals surface area (Å²) >= 11 is 0. The molecule has 5 nitrogen and oxygen atoms in total. The number of likely N-dealkylation sites (tertiary alicyclic amines) is 1. The number of piperidine rings is 1. The lowest BCUT2D eigenvalue weighted by Gasteiger charge is -2.35. The zero-order valence-corrected chi connectivity index (χ0v) is 15.8. The first-order chi connectivity index (χ1) is 12.1. The highest BCUT2D eigenvalue weighted by Gasteiger charge is 2.30. The number of rotatable bonds is 7. The van der Waals surface area contributed by atoms with Crippen molar-refractivity contribution in [2.24, 2.45) is 11.8 Å². The van der Waals surface area contributed by atoms with Crippen molar-refractivity contribution < 1.29 is 9.59 Å². The summed E-state index contributed by atoms with van der Waals surface area (Å²) in [5, 5.41) is 0. The fourth-order valence-electron chi connectivity index (χ4n) is 3.51. The predicted molar refractivity (Wildman–Crippen MR) is 99.0 cm³/mol. The van der Waals surface area contributed by atoms with Gasteiger partial charge in [0.1, 0.15) is 0 Å². The van der Waals surface area contributed by atoms with Crippen LogP contribution in [0.15, 0.2) is 24.5 Å². The first-order valence-corrected chi connectivity index (χ1v) is 9.49. The Labute approximate surface area is 151 Å². The molecule has 0 radical (unpaired) electrons. The second-order valence-corrected chi connectivity index (χ2v) is 6.98. The fourth-order valence-corrected chi connectivity index (χ4v) is 3.51. The van der Waals surface area contributed by atoms with Gasteiger partial charge in [0, 0.05) is 50.9 Å². The molecule has 2 amide bonds. The summed E-state index contributed by atoms with van der Waals surface area (Å²) in [5.74, 6) is 0.661. The van der Waals surface area contributed by atoms with Crippen molar-refractivity contribution in [2.75, 3.05) is 26.7 Å². The maximum atomic E-state index is 12.7. The molecule has 1 aliphatic rings. The van der Waals surface area contributed by atoms with E-state index in [0.29, 0.717) is 13.1 Å². The normalized spacial score (nSPS) is 15.4. The summed E-state index contributed by atoms with van der Waals surface area (Å²) in [6, 6.07) is 3.97. The van der Waals surface area contributed by atoms with Crippen molar-refractivity contribution in [3.63, 3.8) is 0 Å². The molecule has 0 aromatic carbocycles. The van der Waals surface area contributed by atoms with Crippen LogP contribution in [-0.4, -0.2) is 53.3 Å². The van der Waals surface area contributed by atoms with E-state index in [1.807, 2.05) is 29.0 Å². The van der Waals surface area contributed by atoms with Crippen LogP contribution in [0.3, 0.4) is 0 Å². The molecule has 138 valence electrons. The van der Waals surface area contributed by atoms with Crippen molar-refractivity contribution >= 4 is 11.8 Å². The van der Waals surface area contributed by atoms with Crippen molar-refractivity contribution in [1.82, 2.24) is 14.8 Å². The minimum atomic E-state index is 0.0493. The Morgan fingerprint density at radius 1 is 1.20 bits per heavy atom. The molecule has 1 aromatic rings. The molecule has 5 heteroatoms. The van der Waals surface area contributed by atoms with Gasteiger partial charge in [-0.15, -0.1) is 0 Å². The number of pyridine rings is 1. The van der Waals surface area contributed by atoms with Crippen molar-refractivity contribution in [1.29, 1.82) is 0 Å². The smallest absolute Gasteiger partial charge is 0.225 e. The van der Waals surface area contributed by atoms with Crippen LogP contribution in [-0.2, 0) is 16.0 Å². The molecule has 0 bridgehead atoms. The molecule has 1 aliphatic heterocycles. The van der Waals surface area contributed by atoms with Crippen molar-refractivity contribution in [3.05, 3.63) is 30.1 Å². The van der Waals surface area contributed by atoms with Gasteiger partial charge >= 0.3 is 0 Å². The second-order valence-electron chi connectivity index (χ2n) is 6.98. The Balaban J connectivity index is 1.79. The highest BCUT2D eigenvalue weighted by Crippen LogP contribution is 2.22. The van der Waals surface area contributed by atoms with Gasteiger partial charge in [-0.3, -0.25) is 14.6 Å². The Kier molecular flexibility index (Phi) is 7.41. The summed E-state index contributed by atoms with van der Waals surface area (Å²) in [5.41, 5.74) is 1.19. The van der Waals surface area contributed by atoms with Gasteiger partial charge in [0.25, 0.3) is 0 Å². The van der Waals surface area contributed by atoms with Crippen LogP contribution in [0.5, 0.6) is 0 Å². The SMILES string of the molecule is CCC(CC)C(=O)N1CCC(C(=O)N(C)CCc2ccncc2)CC1. The van der Waals surface area contributed by atoms with E-state index in [9.17, 15) is 9.59 Å². The van der Waals surface area contributed by atoms with E-state index >= 15 is 0 Å². The molecule has 0 N–H and O–H groups in total. The van der Waals surface area contributed by atoms with E-state index in [1.54, 1.807) is 12.4 Å². The second kappa shape index (κ2) is 9.54. The summed E-state index contributed by atoms with van der Waals surface area (Å²) < 4.78 is 0. The first-order valence-electron chi connectivity index (χ1n) is 9.49. The third-order valence-corrected chi connectivity index (χ3v) is 5.35. The molecular weight excluding hydrogens is 314 g/mol. The van der Waals surface area contributed by atoms with Gasteiger partial charge in [-0.25, -0.2) is 0 Å². The number of amides is 2. The molecule has 1 saturated heterocycles. The molecule has 0 saturated carbocycles. The van der Waals surface area contributed by atoms with Crippen LogP contribution < -0.4 is 0 Å². The molecule has 2 heterocycles. The molecule has 0 atom stereocenters. The van der Waals surface area contributed by atoms with Gasteiger partial charge in [-0.05, 0) is 49.8 Å². The maximum Gasteiger partial charge on any atom is 0.225 e. The van der Waals surface area contributed by atoms with E-state index in [-0.39, 0.29) is 23.7 Å². The Hall–Kier alpha value is -1.91. The molecule has 1 fully saturated rings. The predicted octanol–water partition coefficient (Wildman–Crippen LogP) is 2.76. The van der Waals surface area contributed by atoms with Crippen LogP contribution in [0.4, 0.5) is 0 Å². The highest BCUT2D eigenvalue weighted by atomic mass is 16.2. The zero-order valence-electron chi connectivity index (χ0n) is 15.8. The van der Waals surface area contributed by atoms with Crippen LogP contribution in [0.1, 0.15) is 45.1 Å². The Morgan fingerprint density at radius 2 is 1.80 bits per heavy atom. The summed E-state index contributed by atoms with van der Waals surface area (Å²) in [6.45, 7) is 6.28. The standard InChI is InChI=1S/C20H31N3O2/c1-4-17(5-2)20(25)23-14-9-18(10-15-23)19(24)22(3)13-8-16-6-11-21-12-7-16/h6-7,11-12,17-18H,4-5,8-10,13-15H2,1-3H3. The number of nitrogens with zero attached hydrogens (tertiary/aromatic N) is 3. The van der Waals surface area contributed by atoms with E-state index in [4.69, 9.17) is 0 Å². The van der Waals surface area contributed by atoms with Crippen LogP contribution >= 0.6 is 0 Å². The number of hydrogen-bond donors (Lipinski definition) is 0. The van der Waals surface area contributed by atoms with Gasteiger partial charge < -0.3 is 9.80 Å². The fraction of sp³-hybridized carbons (Fsp3) is 0.650. The Morgan fingerprint density at radius 3 is 2.36 bits per heavy atom. The number of likely N-dealkylation sites (N-methyl/N-ethyl adjacent to an activating group) is 1. The molecule has 2 rings (SSSR count). The molecule has 25 heavy (non-hydrogen) atoms. The lowest BCUT2D eigenvalue weighted by Crippen LogP contribution is -2.45.